The normalized spacial score (nSPS) is 13.2. The van der Waals surface area contributed by atoms with E-state index in [1.807, 2.05) is 24.7 Å². The van der Waals surface area contributed by atoms with E-state index in [-0.39, 0.29) is 6.04 Å². The summed E-state index contributed by atoms with van der Waals surface area (Å²) in [5.41, 5.74) is 7.24. The molecule has 2 N–H and O–H groups in total. The Morgan fingerprint density at radius 3 is 2.94 bits per heavy atom. The molecule has 4 nitrogen and oxygen atoms in total. The van der Waals surface area contributed by atoms with E-state index in [0.717, 1.165) is 24.4 Å². The van der Waals surface area contributed by atoms with Crippen LogP contribution in [0.4, 0.5) is 0 Å². The molecule has 0 aliphatic heterocycles. The largest absolute Gasteiger partial charge is 0.469 e. The van der Waals surface area contributed by atoms with Crippen molar-refractivity contribution < 1.29 is 4.42 Å². The number of aryl methyl sites for hydroxylation is 2. The van der Waals surface area contributed by atoms with Crippen LogP contribution >= 0.6 is 0 Å². The van der Waals surface area contributed by atoms with Crippen LogP contribution in [-0.2, 0) is 13.0 Å². The molecule has 0 aliphatic carbocycles. The number of imidazole rings is 1. The zero-order chi connectivity index (χ0) is 12.3. The van der Waals surface area contributed by atoms with Crippen molar-refractivity contribution in [3.8, 4) is 0 Å². The number of furan rings is 1. The highest BCUT2D eigenvalue weighted by molar-refractivity contribution is 5.06. The van der Waals surface area contributed by atoms with E-state index in [1.165, 1.54) is 0 Å². The summed E-state index contributed by atoms with van der Waals surface area (Å²) in [6.45, 7) is 5.09. The molecule has 2 aromatic heterocycles. The number of hydrogen-bond acceptors (Lipinski definition) is 3. The monoisotopic (exact) mass is 233 g/mol. The lowest BCUT2D eigenvalue weighted by molar-refractivity contribution is 0.459. The van der Waals surface area contributed by atoms with Crippen LogP contribution in [0.1, 0.15) is 31.3 Å². The Kier molecular flexibility index (Phi) is 3.64. The van der Waals surface area contributed by atoms with Gasteiger partial charge in [-0.1, -0.05) is 13.8 Å². The molecule has 2 heterocycles. The van der Waals surface area contributed by atoms with Crippen LogP contribution in [0, 0.1) is 5.92 Å². The van der Waals surface area contributed by atoms with Crippen LogP contribution in [-0.4, -0.2) is 9.55 Å². The minimum absolute atomic E-state index is 0.0362. The molecule has 0 aliphatic rings. The molecule has 0 radical (unpaired) electrons. The first kappa shape index (κ1) is 11.9. The first-order valence-corrected chi connectivity index (χ1v) is 5.96. The number of nitrogens with two attached hydrogens (primary N) is 1. The van der Waals surface area contributed by atoms with E-state index >= 15 is 0 Å². The van der Waals surface area contributed by atoms with Crippen molar-refractivity contribution in [2.75, 3.05) is 0 Å². The molecule has 17 heavy (non-hydrogen) atoms. The van der Waals surface area contributed by atoms with Crippen molar-refractivity contribution in [3.05, 3.63) is 42.4 Å². The Morgan fingerprint density at radius 2 is 2.29 bits per heavy atom. The highest BCUT2D eigenvalue weighted by Crippen LogP contribution is 2.18. The third-order valence-corrected chi connectivity index (χ3v) is 2.98. The first-order chi connectivity index (χ1) is 8.18. The number of nitrogens with zero attached hydrogens (tertiary/aromatic N) is 2. The van der Waals surface area contributed by atoms with E-state index in [1.54, 1.807) is 6.26 Å². The molecule has 0 spiro atoms. The number of rotatable bonds is 5. The molecule has 2 aromatic rings. The van der Waals surface area contributed by atoms with Crippen molar-refractivity contribution in [2.24, 2.45) is 11.7 Å². The van der Waals surface area contributed by atoms with Gasteiger partial charge in [0, 0.05) is 25.2 Å². The second-order valence-electron chi connectivity index (χ2n) is 4.61. The van der Waals surface area contributed by atoms with Crippen molar-refractivity contribution in [1.29, 1.82) is 0 Å². The third-order valence-electron chi connectivity index (χ3n) is 2.98. The summed E-state index contributed by atoms with van der Waals surface area (Å²) in [6, 6.07) is 3.93. The zero-order valence-corrected chi connectivity index (χ0v) is 10.3. The molecule has 92 valence electrons. The van der Waals surface area contributed by atoms with Crippen LogP contribution in [0.25, 0.3) is 0 Å². The minimum atomic E-state index is 0.0362. The summed E-state index contributed by atoms with van der Waals surface area (Å²) in [4.78, 5) is 4.18. The van der Waals surface area contributed by atoms with E-state index in [2.05, 4.69) is 23.4 Å². The van der Waals surface area contributed by atoms with Crippen LogP contribution in [0.2, 0.25) is 0 Å². The lowest BCUT2D eigenvalue weighted by atomic mass is 10.0. The third kappa shape index (κ3) is 2.77. The van der Waals surface area contributed by atoms with Gasteiger partial charge in [-0.05, 0) is 18.1 Å². The van der Waals surface area contributed by atoms with Gasteiger partial charge in [0.2, 0.25) is 0 Å². The van der Waals surface area contributed by atoms with Crippen LogP contribution in [0.3, 0.4) is 0 Å². The highest BCUT2D eigenvalue weighted by Gasteiger charge is 2.14. The van der Waals surface area contributed by atoms with Crippen LogP contribution < -0.4 is 5.73 Å². The standard InChI is InChI=1S/C13H19N3O/c1-10(2)13(14)12-8-15-9-16(12)6-5-11-4-3-7-17-11/h3-4,7-10,13H,5-6,14H2,1-2H3. The van der Waals surface area contributed by atoms with E-state index in [4.69, 9.17) is 10.2 Å². The van der Waals surface area contributed by atoms with Gasteiger partial charge < -0.3 is 14.7 Å². The topological polar surface area (TPSA) is 57.0 Å². The van der Waals surface area contributed by atoms with Gasteiger partial charge in [-0.15, -0.1) is 0 Å². The molecule has 1 unspecified atom stereocenters. The molecule has 2 rings (SSSR count). The Bertz CT molecular complexity index is 445. The van der Waals surface area contributed by atoms with Gasteiger partial charge in [0.25, 0.3) is 0 Å². The maximum Gasteiger partial charge on any atom is 0.105 e. The fourth-order valence-corrected chi connectivity index (χ4v) is 1.82. The lowest BCUT2D eigenvalue weighted by Crippen LogP contribution is -2.20. The molecule has 4 heteroatoms. The van der Waals surface area contributed by atoms with E-state index in [0.29, 0.717) is 5.92 Å². The molecule has 0 aromatic carbocycles. The Morgan fingerprint density at radius 1 is 1.47 bits per heavy atom. The van der Waals surface area contributed by atoms with E-state index in [9.17, 15) is 0 Å². The molecule has 0 amide bonds. The highest BCUT2D eigenvalue weighted by atomic mass is 16.3. The molecular weight excluding hydrogens is 214 g/mol. The number of hydrogen-bond donors (Lipinski definition) is 1. The predicted octanol–water partition coefficient (Wildman–Crippen LogP) is 2.37. The van der Waals surface area contributed by atoms with Gasteiger partial charge >= 0.3 is 0 Å². The molecule has 0 saturated heterocycles. The SMILES string of the molecule is CC(C)C(N)c1cncn1CCc1ccco1. The second-order valence-corrected chi connectivity index (χ2v) is 4.61. The average Bonchev–Trinajstić information content (AvgIpc) is 2.96. The van der Waals surface area contributed by atoms with Crippen molar-refractivity contribution in [1.82, 2.24) is 9.55 Å². The Balaban J connectivity index is 2.04. The van der Waals surface area contributed by atoms with Gasteiger partial charge in [0.05, 0.1) is 18.3 Å². The van der Waals surface area contributed by atoms with Gasteiger partial charge in [-0.2, -0.15) is 0 Å². The molecule has 0 fully saturated rings. The minimum Gasteiger partial charge on any atom is -0.469 e. The summed E-state index contributed by atoms with van der Waals surface area (Å²) >= 11 is 0. The van der Waals surface area contributed by atoms with Crippen molar-refractivity contribution >= 4 is 0 Å². The van der Waals surface area contributed by atoms with Crippen LogP contribution in [0.15, 0.2) is 35.3 Å². The summed E-state index contributed by atoms with van der Waals surface area (Å²) in [5.74, 6) is 1.40. The molecule has 1 atom stereocenters. The van der Waals surface area contributed by atoms with Crippen molar-refractivity contribution in [3.63, 3.8) is 0 Å². The quantitative estimate of drug-likeness (QED) is 0.862. The first-order valence-electron chi connectivity index (χ1n) is 5.96. The molecule has 0 bridgehead atoms. The molecule has 0 saturated carbocycles. The lowest BCUT2D eigenvalue weighted by Gasteiger charge is -2.17. The fourth-order valence-electron chi connectivity index (χ4n) is 1.82. The molecular formula is C13H19N3O. The summed E-state index contributed by atoms with van der Waals surface area (Å²) in [5, 5.41) is 0. The second kappa shape index (κ2) is 5.19. The summed E-state index contributed by atoms with van der Waals surface area (Å²) < 4.78 is 7.42. The summed E-state index contributed by atoms with van der Waals surface area (Å²) in [7, 11) is 0. The fraction of sp³-hybridized carbons (Fsp3) is 0.462. The number of aromatic nitrogens is 2. The van der Waals surface area contributed by atoms with Gasteiger partial charge in [0.1, 0.15) is 5.76 Å². The van der Waals surface area contributed by atoms with Crippen LogP contribution in [0.5, 0.6) is 0 Å². The smallest absolute Gasteiger partial charge is 0.105 e. The predicted molar refractivity (Wildman–Crippen MR) is 66.4 cm³/mol. The van der Waals surface area contributed by atoms with Gasteiger partial charge in [-0.25, -0.2) is 4.98 Å². The maximum absolute atomic E-state index is 6.15. The van der Waals surface area contributed by atoms with Gasteiger partial charge in [0.15, 0.2) is 0 Å². The van der Waals surface area contributed by atoms with E-state index < -0.39 is 0 Å². The Labute approximate surface area is 101 Å². The summed E-state index contributed by atoms with van der Waals surface area (Å²) in [6.07, 6.45) is 6.25. The van der Waals surface area contributed by atoms with Gasteiger partial charge in [-0.3, -0.25) is 0 Å². The maximum atomic E-state index is 6.15. The Hall–Kier alpha value is -1.55. The zero-order valence-electron chi connectivity index (χ0n) is 10.3. The average molecular weight is 233 g/mol. The van der Waals surface area contributed by atoms with Crippen molar-refractivity contribution in [2.45, 2.75) is 32.9 Å².